The zero-order chi connectivity index (χ0) is 23.4. The fourth-order valence-electron chi connectivity index (χ4n) is 1.60. The molecule has 0 aromatic heterocycles. The Bertz CT molecular complexity index is 554. The molecule has 0 bridgehead atoms. The van der Waals surface area contributed by atoms with Crippen LogP contribution in [0.3, 0.4) is 0 Å². The maximum Gasteiger partial charge on any atom is 0.460 e. The minimum Gasteiger partial charge on any atom is -0.200 e. The first-order valence-corrected chi connectivity index (χ1v) is 6.48. The van der Waals surface area contributed by atoms with Crippen molar-refractivity contribution in [1.82, 2.24) is 0 Å². The van der Waals surface area contributed by atoms with Crippen LogP contribution in [-0.4, -0.2) is 47.6 Å². The van der Waals surface area contributed by atoms with E-state index in [1.54, 1.807) is 0 Å². The molecule has 0 rings (SSSR count). The van der Waals surface area contributed by atoms with Crippen molar-refractivity contribution in [2.75, 3.05) is 0 Å². The lowest BCUT2D eigenvalue weighted by molar-refractivity contribution is -0.428. The molecule has 0 heterocycles. The van der Waals surface area contributed by atoms with Gasteiger partial charge in [0.1, 0.15) is 0 Å². The highest BCUT2D eigenvalue weighted by Crippen LogP contribution is 2.60. The maximum absolute atomic E-state index is 13.1. The molecule has 0 saturated heterocycles. The number of hydrogen-bond donors (Lipinski definition) is 0. The molecule has 0 amide bonds. The summed E-state index contributed by atoms with van der Waals surface area (Å²) in [7, 11) is 0. The summed E-state index contributed by atoms with van der Waals surface area (Å²) < 4.78 is 216. The molecule has 0 unspecified atom stereocenters. The van der Waals surface area contributed by atoms with Crippen molar-refractivity contribution in [1.29, 1.82) is 0 Å². The van der Waals surface area contributed by atoms with Gasteiger partial charge in [-0.05, 0) is 0 Å². The quantitative estimate of drug-likeness (QED) is 0.349. The van der Waals surface area contributed by atoms with E-state index in [1.807, 2.05) is 0 Å². The Balaban J connectivity index is 6.26. The summed E-state index contributed by atoms with van der Waals surface area (Å²) in [6, 6.07) is 0. The Labute approximate surface area is 143 Å². The summed E-state index contributed by atoms with van der Waals surface area (Å²) in [6.07, 6.45) is -14.4. The summed E-state index contributed by atoms with van der Waals surface area (Å²) >= 11 is 0. The summed E-state index contributed by atoms with van der Waals surface area (Å²) in [5.41, 5.74) is 0. The Hall–Kier alpha value is -1.19. The number of halogens is 17. The fourth-order valence-corrected chi connectivity index (χ4v) is 1.60. The standard InChI is InChI=1S/C11H7F17/c1-2-4(12,13)7(18,19)5(14,15)3-6(16,17)8(20,21)9(22,23)10(24,25)11(26,27)28/h2-3H2,1H3. The van der Waals surface area contributed by atoms with Crippen molar-refractivity contribution in [3.63, 3.8) is 0 Å². The van der Waals surface area contributed by atoms with Gasteiger partial charge in [0.15, 0.2) is 0 Å². The van der Waals surface area contributed by atoms with Crippen LogP contribution in [-0.2, 0) is 0 Å². The lowest BCUT2D eigenvalue weighted by atomic mass is 9.90. The van der Waals surface area contributed by atoms with Gasteiger partial charge in [0.05, 0.1) is 6.42 Å². The highest BCUT2D eigenvalue weighted by molar-refractivity contribution is 5.09. The highest BCUT2D eigenvalue weighted by atomic mass is 19.4. The van der Waals surface area contributed by atoms with Gasteiger partial charge in [-0.25, -0.2) is 0 Å². The van der Waals surface area contributed by atoms with E-state index in [1.165, 1.54) is 0 Å². The van der Waals surface area contributed by atoms with Gasteiger partial charge < -0.3 is 0 Å². The number of alkyl halides is 17. The van der Waals surface area contributed by atoms with Crippen LogP contribution in [0.2, 0.25) is 0 Å². The van der Waals surface area contributed by atoms with Crippen molar-refractivity contribution in [2.24, 2.45) is 0 Å². The van der Waals surface area contributed by atoms with Crippen LogP contribution in [0.4, 0.5) is 74.6 Å². The summed E-state index contributed by atoms with van der Waals surface area (Å²) in [6.45, 7) is 0.106. The van der Waals surface area contributed by atoms with Crippen LogP contribution in [0, 0.1) is 0 Å². The van der Waals surface area contributed by atoms with Crippen LogP contribution >= 0.6 is 0 Å². The van der Waals surface area contributed by atoms with Crippen molar-refractivity contribution in [2.45, 2.75) is 67.4 Å². The van der Waals surface area contributed by atoms with E-state index in [0.29, 0.717) is 0 Å². The lowest BCUT2D eigenvalue weighted by Crippen LogP contribution is -2.68. The first-order valence-electron chi connectivity index (χ1n) is 6.48. The molecule has 0 nitrogen and oxygen atoms in total. The molecule has 0 radical (unpaired) electrons. The molecule has 0 spiro atoms. The Kier molecular flexibility index (Phi) is 6.39. The second kappa shape index (κ2) is 6.67. The third-order valence-electron chi connectivity index (χ3n) is 3.41. The zero-order valence-corrected chi connectivity index (χ0v) is 12.8. The minimum atomic E-state index is -8.12. The molecule has 0 aromatic carbocycles. The van der Waals surface area contributed by atoms with Gasteiger partial charge in [-0.1, -0.05) is 6.92 Å². The first-order chi connectivity index (χ1) is 11.8. The smallest absolute Gasteiger partial charge is 0.200 e. The van der Waals surface area contributed by atoms with E-state index in [2.05, 4.69) is 0 Å². The van der Waals surface area contributed by atoms with Gasteiger partial charge in [0, 0.05) is 6.42 Å². The molecule has 17 heteroatoms. The van der Waals surface area contributed by atoms with Crippen LogP contribution in [0.1, 0.15) is 19.8 Å². The van der Waals surface area contributed by atoms with Crippen LogP contribution in [0.5, 0.6) is 0 Å². The molecule has 0 aliphatic heterocycles. The van der Waals surface area contributed by atoms with Gasteiger partial charge in [-0.3, -0.25) is 0 Å². The Morgan fingerprint density at radius 3 is 1.00 bits per heavy atom. The summed E-state index contributed by atoms with van der Waals surface area (Å²) in [5.74, 6) is -51.2. The second-order valence-electron chi connectivity index (χ2n) is 5.44. The van der Waals surface area contributed by atoms with E-state index >= 15 is 0 Å². The normalized spacial score (nSPS) is 16.5. The van der Waals surface area contributed by atoms with Crippen molar-refractivity contribution in [3.8, 4) is 0 Å². The second-order valence-corrected chi connectivity index (χ2v) is 5.44. The van der Waals surface area contributed by atoms with Gasteiger partial charge in [-0.2, -0.15) is 74.6 Å². The van der Waals surface area contributed by atoms with E-state index in [9.17, 15) is 74.6 Å². The van der Waals surface area contributed by atoms with Gasteiger partial charge >= 0.3 is 47.6 Å². The Morgan fingerprint density at radius 2 is 0.714 bits per heavy atom. The third kappa shape index (κ3) is 3.68. The molecular weight excluding hydrogens is 455 g/mol. The van der Waals surface area contributed by atoms with Crippen LogP contribution in [0.25, 0.3) is 0 Å². The van der Waals surface area contributed by atoms with E-state index < -0.39 is 60.5 Å². The molecule has 0 N–H and O–H groups in total. The lowest BCUT2D eigenvalue weighted by Gasteiger charge is -2.39. The molecule has 0 aliphatic carbocycles. The van der Waals surface area contributed by atoms with Gasteiger partial charge in [-0.15, -0.1) is 0 Å². The molecule has 0 aliphatic rings. The van der Waals surface area contributed by atoms with E-state index in [-0.39, 0.29) is 6.92 Å². The molecule has 0 aromatic rings. The molecule has 0 fully saturated rings. The zero-order valence-electron chi connectivity index (χ0n) is 12.8. The van der Waals surface area contributed by atoms with Crippen molar-refractivity contribution < 1.29 is 74.6 Å². The van der Waals surface area contributed by atoms with Crippen molar-refractivity contribution in [3.05, 3.63) is 0 Å². The Morgan fingerprint density at radius 1 is 0.393 bits per heavy atom. The summed E-state index contributed by atoms with van der Waals surface area (Å²) in [4.78, 5) is 0. The third-order valence-corrected chi connectivity index (χ3v) is 3.41. The van der Waals surface area contributed by atoms with Gasteiger partial charge in [0.25, 0.3) is 0 Å². The maximum atomic E-state index is 13.1. The van der Waals surface area contributed by atoms with Crippen molar-refractivity contribution >= 4 is 0 Å². The van der Waals surface area contributed by atoms with Crippen LogP contribution < -0.4 is 0 Å². The monoisotopic (exact) mass is 462 g/mol. The predicted octanol–water partition coefficient (Wildman–Crippen LogP) is 6.80. The SMILES string of the molecule is CCC(F)(F)C(F)(F)C(F)(F)CC(F)(F)C(F)(F)C(F)(F)C(F)(F)C(F)(F)F. The fraction of sp³-hybridized carbons (Fsp3) is 1.00. The van der Waals surface area contributed by atoms with Crippen LogP contribution in [0.15, 0.2) is 0 Å². The number of rotatable bonds is 8. The molecule has 0 saturated carbocycles. The molecular formula is C11H7F17. The largest absolute Gasteiger partial charge is 0.460 e. The average molecular weight is 462 g/mol. The van der Waals surface area contributed by atoms with E-state index in [0.717, 1.165) is 0 Å². The predicted molar refractivity (Wildman–Crippen MR) is 55.6 cm³/mol. The molecule has 28 heavy (non-hydrogen) atoms. The topological polar surface area (TPSA) is 0 Å². The summed E-state index contributed by atoms with van der Waals surface area (Å²) in [5, 5.41) is 0. The molecule has 0 atom stereocenters. The van der Waals surface area contributed by atoms with Gasteiger partial charge in [0.2, 0.25) is 0 Å². The minimum absolute atomic E-state index is 0.106. The average Bonchev–Trinajstić information content (AvgIpc) is 2.43. The number of hydrogen-bond acceptors (Lipinski definition) is 0. The van der Waals surface area contributed by atoms with E-state index in [4.69, 9.17) is 0 Å². The molecule has 170 valence electrons. The highest BCUT2D eigenvalue weighted by Gasteiger charge is 2.88. The first kappa shape index (κ1) is 26.8.